The highest BCUT2D eigenvalue weighted by Crippen LogP contribution is 2.15. The van der Waals surface area contributed by atoms with E-state index >= 15 is 0 Å². The Hall–Kier alpha value is -0.960. The fourth-order valence-electron chi connectivity index (χ4n) is 2.29. The van der Waals surface area contributed by atoms with Gasteiger partial charge in [0.15, 0.2) is 0 Å². The Morgan fingerprint density at radius 3 is 2.91 bits per heavy atom. The van der Waals surface area contributed by atoms with Gasteiger partial charge in [0.2, 0.25) is 15.9 Å². The molecule has 1 fully saturated rings. The van der Waals surface area contributed by atoms with Gasteiger partial charge in [-0.25, -0.2) is 13.1 Å². The molecule has 22 heavy (non-hydrogen) atoms. The fourth-order valence-corrected chi connectivity index (χ4v) is 3.92. The number of hydrogen-bond donors (Lipinski definition) is 3. The van der Waals surface area contributed by atoms with Crippen molar-refractivity contribution in [1.82, 2.24) is 15.4 Å². The lowest BCUT2D eigenvalue weighted by molar-refractivity contribution is -0.121. The van der Waals surface area contributed by atoms with Crippen LogP contribution < -0.4 is 15.4 Å². The molecule has 1 aromatic rings. The van der Waals surface area contributed by atoms with E-state index < -0.39 is 10.0 Å². The molecule has 1 saturated heterocycles. The van der Waals surface area contributed by atoms with Crippen molar-refractivity contribution in [3.8, 4) is 0 Å². The van der Waals surface area contributed by atoms with Crippen molar-refractivity contribution >= 4 is 31.9 Å². The lowest BCUT2D eigenvalue weighted by Crippen LogP contribution is -2.46. The molecule has 2 rings (SSSR count). The molecular formula is C14H20BrN3O3S. The molecule has 1 heterocycles. The molecule has 0 aromatic heterocycles. The zero-order valence-electron chi connectivity index (χ0n) is 12.1. The van der Waals surface area contributed by atoms with Crippen molar-refractivity contribution in [2.24, 2.45) is 0 Å². The van der Waals surface area contributed by atoms with E-state index in [2.05, 4.69) is 31.3 Å². The Labute approximate surface area is 139 Å². The van der Waals surface area contributed by atoms with Crippen LogP contribution in [0.3, 0.4) is 0 Å². The van der Waals surface area contributed by atoms with Crippen LogP contribution in [0.1, 0.15) is 19.3 Å². The highest BCUT2D eigenvalue weighted by molar-refractivity contribution is 9.10. The topological polar surface area (TPSA) is 87.3 Å². The van der Waals surface area contributed by atoms with Gasteiger partial charge in [0, 0.05) is 30.0 Å². The van der Waals surface area contributed by atoms with Crippen molar-refractivity contribution in [2.45, 2.75) is 30.2 Å². The van der Waals surface area contributed by atoms with Gasteiger partial charge >= 0.3 is 0 Å². The number of halogens is 1. The first-order valence-corrected chi connectivity index (χ1v) is 9.50. The molecule has 0 spiro atoms. The maximum atomic E-state index is 12.1. The predicted molar refractivity (Wildman–Crippen MR) is 88.0 cm³/mol. The smallest absolute Gasteiger partial charge is 0.240 e. The van der Waals surface area contributed by atoms with E-state index in [1.54, 1.807) is 12.1 Å². The standard InChI is InChI=1S/C14H20BrN3O3S/c15-11-3-1-5-13(9-11)22(20,21)17-8-6-14(19)18-12-4-2-7-16-10-12/h1,3,5,9,12,16-17H,2,4,6-8,10H2,(H,18,19). The van der Waals surface area contributed by atoms with Gasteiger partial charge in [0.1, 0.15) is 0 Å². The lowest BCUT2D eigenvalue weighted by Gasteiger charge is -2.23. The number of benzene rings is 1. The van der Waals surface area contributed by atoms with Gasteiger partial charge in [0.25, 0.3) is 0 Å². The summed E-state index contributed by atoms with van der Waals surface area (Å²) in [7, 11) is -3.58. The van der Waals surface area contributed by atoms with E-state index in [0.29, 0.717) is 4.47 Å². The molecule has 0 aliphatic carbocycles. The van der Waals surface area contributed by atoms with Crippen molar-refractivity contribution in [1.29, 1.82) is 0 Å². The Morgan fingerprint density at radius 1 is 1.41 bits per heavy atom. The van der Waals surface area contributed by atoms with E-state index in [1.807, 2.05) is 0 Å². The molecule has 122 valence electrons. The Morgan fingerprint density at radius 2 is 2.23 bits per heavy atom. The number of sulfonamides is 1. The van der Waals surface area contributed by atoms with Crippen molar-refractivity contribution in [2.75, 3.05) is 19.6 Å². The van der Waals surface area contributed by atoms with Crippen LogP contribution in [0.25, 0.3) is 0 Å². The van der Waals surface area contributed by atoms with Crippen LogP contribution in [0.5, 0.6) is 0 Å². The van der Waals surface area contributed by atoms with Gasteiger partial charge in [-0.2, -0.15) is 0 Å². The monoisotopic (exact) mass is 389 g/mol. The maximum Gasteiger partial charge on any atom is 0.240 e. The van der Waals surface area contributed by atoms with Gasteiger partial charge in [-0.1, -0.05) is 22.0 Å². The van der Waals surface area contributed by atoms with Crippen LogP contribution in [0.15, 0.2) is 33.6 Å². The summed E-state index contributed by atoms with van der Waals surface area (Å²) in [4.78, 5) is 12.0. The van der Waals surface area contributed by atoms with E-state index in [1.165, 1.54) is 12.1 Å². The second-order valence-electron chi connectivity index (χ2n) is 5.22. The normalized spacial score (nSPS) is 18.9. The van der Waals surface area contributed by atoms with E-state index in [-0.39, 0.29) is 29.8 Å². The van der Waals surface area contributed by atoms with Gasteiger partial charge in [0.05, 0.1) is 4.90 Å². The SMILES string of the molecule is O=C(CCNS(=O)(=O)c1cccc(Br)c1)NC1CCCNC1. The van der Waals surface area contributed by atoms with Crippen molar-refractivity contribution < 1.29 is 13.2 Å². The molecule has 1 atom stereocenters. The minimum Gasteiger partial charge on any atom is -0.352 e. The summed E-state index contributed by atoms with van der Waals surface area (Å²) in [5.41, 5.74) is 0. The number of carbonyl (C=O) groups is 1. The lowest BCUT2D eigenvalue weighted by atomic mass is 10.1. The van der Waals surface area contributed by atoms with Crippen LogP contribution in [-0.2, 0) is 14.8 Å². The number of piperidine rings is 1. The zero-order valence-corrected chi connectivity index (χ0v) is 14.5. The number of nitrogens with one attached hydrogen (secondary N) is 3. The summed E-state index contributed by atoms with van der Waals surface area (Å²) in [5.74, 6) is -0.134. The van der Waals surface area contributed by atoms with Crippen LogP contribution >= 0.6 is 15.9 Å². The summed E-state index contributed by atoms with van der Waals surface area (Å²) in [6.07, 6.45) is 2.13. The Kier molecular flexibility index (Phi) is 6.37. The average molecular weight is 390 g/mol. The van der Waals surface area contributed by atoms with Gasteiger partial charge in [-0.15, -0.1) is 0 Å². The van der Waals surface area contributed by atoms with Crippen LogP contribution in [0, 0.1) is 0 Å². The maximum absolute atomic E-state index is 12.1. The quantitative estimate of drug-likeness (QED) is 0.676. The third kappa shape index (κ3) is 5.35. The highest BCUT2D eigenvalue weighted by Gasteiger charge is 2.17. The number of rotatable bonds is 6. The number of carbonyl (C=O) groups excluding carboxylic acids is 1. The Bertz CT molecular complexity index is 616. The fraction of sp³-hybridized carbons (Fsp3) is 0.500. The largest absolute Gasteiger partial charge is 0.352 e. The molecule has 1 aromatic carbocycles. The molecule has 1 amide bonds. The zero-order chi connectivity index (χ0) is 16.0. The highest BCUT2D eigenvalue weighted by atomic mass is 79.9. The molecule has 1 aliphatic heterocycles. The average Bonchev–Trinajstić information content (AvgIpc) is 2.48. The van der Waals surface area contributed by atoms with E-state index in [9.17, 15) is 13.2 Å². The van der Waals surface area contributed by atoms with Gasteiger partial charge in [-0.3, -0.25) is 4.79 Å². The molecule has 0 radical (unpaired) electrons. The molecule has 0 bridgehead atoms. The summed E-state index contributed by atoms with van der Waals surface area (Å²) in [6.45, 7) is 1.84. The second kappa shape index (κ2) is 8.05. The predicted octanol–water partition coefficient (Wildman–Crippen LogP) is 0.986. The first kappa shape index (κ1) is 17.4. The third-order valence-electron chi connectivity index (χ3n) is 3.41. The summed E-state index contributed by atoms with van der Waals surface area (Å²) < 4.78 is 27.3. The molecular weight excluding hydrogens is 370 g/mol. The van der Waals surface area contributed by atoms with Crippen molar-refractivity contribution in [3.63, 3.8) is 0 Å². The Balaban J connectivity index is 1.78. The van der Waals surface area contributed by atoms with E-state index in [0.717, 1.165) is 25.9 Å². The van der Waals surface area contributed by atoms with Gasteiger partial charge in [-0.05, 0) is 37.6 Å². The molecule has 6 nitrogen and oxygen atoms in total. The molecule has 8 heteroatoms. The number of amides is 1. The van der Waals surface area contributed by atoms with Crippen molar-refractivity contribution in [3.05, 3.63) is 28.7 Å². The minimum absolute atomic E-state index is 0.0842. The summed E-state index contributed by atoms with van der Waals surface area (Å²) in [5, 5.41) is 6.13. The molecule has 0 saturated carbocycles. The minimum atomic E-state index is -3.58. The molecule has 1 unspecified atom stereocenters. The summed E-state index contributed by atoms with van der Waals surface area (Å²) >= 11 is 3.24. The second-order valence-corrected chi connectivity index (χ2v) is 7.90. The van der Waals surface area contributed by atoms with E-state index in [4.69, 9.17) is 0 Å². The summed E-state index contributed by atoms with van der Waals surface area (Å²) in [6, 6.07) is 6.59. The molecule has 3 N–H and O–H groups in total. The first-order chi connectivity index (χ1) is 10.5. The number of hydrogen-bond acceptors (Lipinski definition) is 4. The van der Waals surface area contributed by atoms with Crippen LogP contribution in [0.2, 0.25) is 0 Å². The molecule has 1 aliphatic rings. The third-order valence-corrected chi connectivity index (χ3v) is 5.36. The van der Waals surface area contributed by atoms with Gasteiger partial charge < -0.3 is 10.6 Å². The van der Waals surface area contributed by atoms with Crippen LogP contribution in [0.4, 0.5) is 0 Å². The first-order valence-electron chi connectivity index (χ1n) is 7.23. The van der Waals surface area contributed by atoms with Crippen LogP contribution in [-0.4, -0.2) is 40.0 Å².